The van der Waals surface area contributed by atoms with Gasteiger partial charge in [-0.1, -0.05) is 37.3 Å². The molecule has 1 aromatic rings. The third-order valence-electron chi connectivity index (χ3n) is 4.04. The van der Waals surface area contributed by atoms with E-state index in [9.17, 15) is 5.11 Å². The molecule has 0 aliphatic heterocycles. The molecule has 2 rings (SSSR count). The minimum atomic E-state index is -0.497. The normalized spacial score (nSPS) is 22.1. The van der Waals surface area contributed by atoms with Crippen LogP contribution in [0.15, 0.2) is 30.3 Å². The summed E-state index contributed by atoms with van der Waals surface area (Å²) in [6.07, 6.45) is 4.19. The molecule has 1 nitrogen and oxygen atoms in total. The van der Waals surface area contributed by atoms with Crippen molar-refractivity contribution >= 4 is 0 Å². The first-order chi connectivity index (χ1) is 7.04. The molecule has 1 aliphatic rings. The third kappa shape index (κ3) is 2.23. The van der Waals surface area contributed by atoms with E-state index in [1.54, 1.807) is 0 Å². The van der Waals surface area contributed by atoms with Crippen LogP contribution in [0.4, 0.5) is 0 Å². The van der Waals surface area contributed by atoms with E-state index in [4.69, 9.17) is 0 Å². The van der Waals surface area contributed by atoms with Crippen LogP contribution in [0.25, 0.3) is 0 Å². The zero-order valence-corrected chi connectivity index (χ0v) is 9.66. The number of rotatable bonds is 4. The maximum Gasteiger partial charge on any atom is 0.0676 e. The summed E-state index contributed by atoms with van der Waals surface area (Å²) in [6, 6.07) is 10.4. The summed E-state index contributed by atoms with van der Waals surface area (Å²) in [6.45, 7) is 4.18. The van der Waals surface area contributed by atoms with Gasteiger partial charge in [-0.25, -0.2) is 0 Å². The van der Waals surface area contributed by atoms with Gasteiger partial charge in [0.25, 0.3) is 0 Å². The maximum absolute atomic E-state index is 10.4. The van der Waals surface area contributed by atoms with Gasteiger partial charge in [-0.2, -0.15) is 0 Å². The Hall–Kier alpha value is -0.820. The van der Waals surface area contributed by atoms with E-state index in [2.05, 4.69) is 31.2 Å². The zero-order chi connectivity index (χ0) is 10.9. The molecule has 1 atom stereocenters. The molecule has 0 radical (unpaired) electrons. The van der Waals surface area contributed by atoms with E-state index in [-0.39, 0.29) is 5.41 Å². The lowest BCUT2D eigenvalue weighted by atomic mass is 9.83. The monoisotopic (exact) mass is 204 g/mol. The Bertz CT molecular complexity index is 322. The molecule has 1 N–H and O–H groups in total. The molecule has 1 unspecified atom stereocenters. The van der Waals surface area contributed by atoms with Gasteiger partial charge in [0.2, 0.25) is 0 Å². The highest BCUT2D eigenvalue weighted by Gasteiger charge is 2.51. The molecule has 0 spiro atoms. The van der Waals surface area contributed by atoms with Crippen molar-refractivity contribution in [2.75, 3.05) is 0 Å². The van der Waals surface area contributed by atoms with Gasteiger partial charge in [0.1, 0.15) is 0 Å². The van der Waals surface area contributed by atoms with Crippen molar-refractivity contribution in [2.24, 2.45) is 5.41 Å². The Kier molecular flexibility index (Phi) is 2.59. The van der Waals surface area contributed by atoms with E-state index in [1.807, 2.05) is 13.0 Å². The Balaban J connectivity index is 1.93. The second-order valence-electron chi connectivity index (χ2n) is 5.32. The van der Waals surface area contributed by atoms with Gasteiger partial charge in [-0.05, 0) is 43.6 Å². The average molecular weight is 204 g/mol. The largest absolute Gasteiger partial charge is 0.390 e. The molecule has 0 saturated heterocycles. The lowest BCUT2D eigenvalue weighted by Gasteiger charge is -2.30. The molecule has 1 saturated carbocycles. The van der Waals surface area contributed by atoms with Crippen LogP contribution < -0.4 is 0 Å². The summed E-state index contributed by atoms with van der Waals surface area (Å²) in [7, 11) is 0. The van der Waals surface area contributed by atoms with Crippen LogP contribution in [0.2, 0.25) is 0 Å². The fourth-order valence-electron chi connectivity index (χ4n) is 2.06. The van der Waals surface area contributed by atoms with E-state index in [0.717, 1.165) is 12.8 Å². The SMILES string of the molecule is CC(O)(CCc1ccccc1)C1(C)CC1. The molecule has 1 fully saturated rings. The molecule has 0 heterocycles. The highest BCUT2D eigenvalue weighted by molar-refractivity contribution is 5.16. The molecule has 0 amide bonds. The average Bonchev–Trinajstić information content (AvgIpc) is 2.97. The van der Waals surface area contributed by atoms with E-state index in [1.165, 1.54) is 18.4 Å². The van der Waals surface area contributed by atoms with Crippen LogP contribution in [-0.2, 0) is 6.42 Å². The molecular formula is C14H20O. The summed E-state index contributed by atoms with van der Waals surface area (Å²) in [5.74, 6) is 0. The van der Waals surface area contributed by atoms with Crippen molar-refractivity contribution in [1.82, 2.24) is 0 Å². The van der Waals surface area contributed by atoms with Gasteiger partial charge in [0.15, 0.2) is 0 Å². The second kappa shape index (κ2) is 3.64. The lowest BCUT2D eigenvalue weighted by Crippen LogP contribution is -2.34. The van der Waals surface area contributed by atoms with Gasteiger partial charge >= 0.3 is 0 Å². The molecule has 1 aromatic carbocycles. The minimum Gasteiger partial charge on any atom is -0.390 e. The molecule has 0 aromatic heterocycles. The number of hydrogen-bond acceptors (Lipinski definition) is 1. The molecule has 82 valence electrons. The van der Waals surface area contributed by atoms with Crippen LogP contribution >= 0.6 is 0 Å². The van der Waals surface area contributed by atoms with Crippen LogP contribution in [-0.4, -0.2) is 10.7 Å². The quantitative estimate of drug-likeness (QED) is 0.798. The van der Waals surface area contributed by atoms with Gasteiger partial charge in [0.05, 0.1) is 5.60 Å². The first-order valence-electron chi connectivity index (χ1n) is 5.80. The predicted octanol–water partition coefficient (Wildman–Crippen LogP) is 3.17. The molecule has 1 heteroatoms. The first kappa shape index (κ1) is 10.7. The lowest BCUT2D eigenvalue weighted by molar-refractivity contribution is -0.0149. The van der Waals surface area contributed by atoms with Crippen LogP contribution in [0.1, 0.15) is 38.7 Å². The summed E-state index contributed by atoms with van der Waals surface area (Å²) in [4.78, 5) is 0. The van der Waals surface area contributed by atoms with Crippen molar-refractivity contribution < 1.29 is 5.11 Å². The Morgan fingerprint density at radius 2 is 1.87 bits per heavy atom. The van der Waals surface area contributed by atoms with Crippen LogP contribution in [0.5, 0.6) is 0 Å². The zero-order valence-electron chi connectivity index (χ0n) is 9.66. The van der Waals surface area contributed by atoms with Crippen LogP contribution in [0.3, 0.4) is 0 Å². The summed E-state index contributed by atoms with van der Waals surface area (Å²) in [5, 5.41) is 10.4. The number of aryl methyl sites for hydroxylation is 1. The summed E-state index contributed by atoms with van der Waals surface area (Å²) >= 11 is 0. The fraction of sp³-hybridized carbons (Fsp3) is 0.571. The van der Waals surface area contributed by atoms with Crippen LogP contribution in [0, 0.1) is 5.41 Å². The number of hydrogen-bond donors (Lipinski definition) is 1. The third-order valence-corrected chi connectivity index (χ3v) is 4.04. The molecule has 1 aliphatic carbocycles. The second-order valence-corrected chi connectivity index (χ2v) is 5.32. The van der Waals surface area contributed by atoms with E-state index < -0.39 is 5.60 Å². The van der Waals surface area contributed by atoms with Crippen molar-refractivity contribution in [3.05, 3.63) is 35.9 Å². The number of aliphatic hydroxyl groups is 1. The van der Waals surface area contributed by atoms with Crippen molar-refractivity contribution in [1.29, 1.82) is 0 Å². The highest BCUT2D eigenvalue weighted by atomic mass is 16.3. The van der Waals surface area contributed by atoms with Gasteiger partial charge in [0, 0.05) is 0 Å². The smallest absolute Gasteiger partial charge is 0.0676 e. The first-order valence-corrected chi connectivity index (χ1v) is 5.80. The summed E-state index contributed by atoms with van der Waals surface area (Å²) < 4.78 is 0. The number of benzene rings is 1. The van der Waals surface area contributed by atoms with Gasteiger partial charge < -0.3 is 5.11 Å². The Morgan fingerprint density at radius 3 is 2.40 bits per heavy atom. The highest BCUT2D eigenvalue weighted by Crippen LogP contribution is 2.54. The van der Waals surface area contributed by atoms with Crippen molar-refractivity contribution in [2.45, 2.75) is 45.1 Å². The predicted molar refractivity (Wildman–Crippen MR) is 62.7 cm³/mol. The minimum absolute atomic E-state index is 0.182. The van der Waals surface area contributed by atoms with E-state index in [0.29, 0.717) is 0 Å². The van der Waals surface area contributed by atoms with Crippen molar-refractivity contribution in [3.63, 3.8) is 0 Å². The van der Waals surface area contributed by atoms with E-state index >= 15 is 0 Å². The molecule has 0 bridgehead atoms. The standard InChI is InChI=1S/C14H20O/c1-13(10-11-13)14(2,15)9-8-12-6-4-3-5-7-12/h3-7,15H,8-11H2,1-2H3. The van der Waals surface area contributed by atoms with Crippen molar-refractivity contribution in [3.8, 4) is 0 Å². The maximum atomic E-state index is 10.4. The Morgan fingerprint density at radius 1 is 1.27 bits per heavy atom. The molecular weight excluding hydrogens is 184 g/mol. The fourth-order valence-corrected chi connectivity index (χ4v) is 2.06. The summed E-state index contributed by atoms with van der Waals surface area (Å²) in [5.41, 5.74) is 1.01. The Labute approximate surface area is 92.1 Å². The van der Waals surface area contributed by atoms with Gasteiger partial charge in [-0.15, -0.1) is 0 Å². The van der Waals surface area contributed by atoms with Gasteiger partial charge in [-0.3, -0.25) is 0 Å². The topological polar surface area (TPSA) is 20.2 Å². The molecule has 15 heavy (non-hydrogen) atoms.